The Labute approximate surface area is 513 Å². The number of carbonyl (C=O) groups is 3. The topological polar surface area (TPSA) is 78.9 Å². The summed E-state index contributed by atoms with van der Waals surface area (Å²) >= 11 is 0. The van der Waals surface area contributed by atoms with E-state index in [0.29, 0.717) is 19.3 Å². The second-order valence-electron chi connectivity index (χ2n) is 22.7. The van der Waals surface area contributed by atoms with Gasteiger partial charge in [-0.1, -0.05) is 296 Å². The molecule has 83 heavy (non-hydrogen) atoms. The van der Waals surface area contributed by atoms with E-state index in [9.17, 15) is 14.4 Å². The van der Waals surface area contributed by atoms with E-state index in [1.807, 2.05) is 0 Å². The Morgan fingerprint density at radius 1 is 0.253 bits per heavy atom. The van der Waals surface area contributed by atoms with Gasteiger partial charge in [0.15, 0.2) is 6.10 Å². The fourth-order valence-corrected chi connectivity index (χ4v) is 9.41. The Balaban J connectivity index is 4.33. The molecule has 0 aliphatic carbocycles. The Hall–Kier alpha value is -4.45. The van der Waals surface area contributed by atoms with Crippen molar-refractivity contribution < 1.29 is 28.6 Å². The minimum Gasteiger partial charge on any atom is -0.462 e. The van der Waals surface area contributed by atoms with Gasteiger partial charge in [0.2, 0.25) is 0 Å². The van der Waals surface area contributed by atoms with Crippen molar-refractivity contribution in [1.29, 1.82) is 0 Å². The lowest BCUT2D eigenvalue weighted by molar-refractivity contribution is -0.167. The lowest BCUT2D eigenvalue weighted by Crippen LogP contribution is -2.30. The summed E-state index contributed by atoms with van der Waals surface area (Å²) < 4.78 is 16.9. The van der Waals surface area contributed by atoms with Crippen LogP contribution in [0.25, 0.3) is 0 Å². The number of rotatable bonds is 62. The summed E-state index contributed by atoms with van der Waals surface area (Å²) in [4.78, 5) is 38.4. The first-order chi connectivity index (χ1) is 41.0. The van der Waals surface area contributed by atoms with Gasteiger partial charge in [-0.2, -0.15) is 0 Å². The van der Waals surface area contributed by atoms with Crippen molar-refractivity contribution in [3.63, 3.8) is 0 Å². The summed E-state index contributed by atoms with van der Waals surface area (Å²) in [6.45, 7) is 6.47. The van der Waals surface area contributed by atoms with Crippen molar-refractivity contribution in [2.24, 2.45) is 0 Å². The fourth-order valence-electron chi connectivity index (χ4n) is 9.41. The van der Waals surface area contributed by atoms with Gasteiger partial charge in [-0.25, -0.2) is 0 Å². The first-order valence-electron chi connectivity index (χ1n) is 34.7. The molecule has 6 nitrogen and oxygen atoms in total. The third-order valence-electron chi connectivity index (χ3n) is 14.6. The molecule has 0 rings (SSSR count). The summed E-state index contributed by atoms with van der Waals surface area (Å²) in [6, 6.07) is 0. The van der Waals surface area contributed by atoms with E-state index in [4.69, 9.17) is 14.2 Å². The number of unbranched alkanes of at least 4 members (excludes halogenated alkanes) is 29. The lowest BCUT2D eigenvalue weighted by Gasteiger charge is -2.18. The average Bonchev–Trinajstić information content (AvgIpc) is 3.48. The van der Waals surface area contributed by atoms with Gasteiger partial charge in [-0.3, -0.25) is 14.4 Å². The van der Waals surface area contributed by atoms with E-state index in [0.717, 1.165) is 141 Å². The normalized spacial score (nSPS) is 13.0. The van der Waals surface area contributed by atoms with Gasteiger partial charge in [0, 0.05) is 19.3 Å². The van der Waals surface area contributed by atoms with Crippen molar-refractivity contribution in [3.8, 4) is 0 Å². The van der Waals surface area contributed by atoms with Crippen molar-refractivity contribution in [2.75, 3.05) is 13.2 Å². The molecule has 0 fully saturated rings. The minimum absolute atomic E-state index is 0.0930. The third kappa shape index (κ3) is 68.2. The van der Waals surface area contributed by atoms with Crippen molar-refractivity contribution in [3.05, 3.63) is 134 Å². The van der Waals surface area contributed by atoms with Crippen LogP contribution in [0.3, 0.4) is 0 Å². The van der Waals surface area contributed by atoms with E-state index in [1.54, 1.807) is 0 Å². The first kappa shape index (κ1) is 78.5. The zero-order valence-electron chi connectivity index (χ0n) is 54.2. The highest BCUT2D eigenvalue weighted by Crippen LogP contribution is 2.16. The van der Waals surface area contributed by atoms with Gasteiger partial charge < -0.3 is 14.2 Å². The summed E-state index contributed by atoms with van der Waals surface area (Å²) in [7, 11) is 0. The Morgan fingerprint density at radius 3 is 0.783 bits per heavy atom. The molecule has 0 heterocycles. The molecule has 0 aliphatic heterocycles. The molecular formula is C77H128O6. The molecule has 0 bridgehead atoms. The van der Waals surface area contributed by atoms with E-state index in [1.165, 1.54) is 135 Å². The lowest BCUT2D eigenvalue weighted by atomic mass is 10.0. The quantitative estimate of drug-likeness (QED) is 0.0261. The maximum absolute atomic E-state index is 12.9. The minimum atomic E-state index is -0.798. The SMILES string of the molecule is CC/C=C\C/C=C\C/C=C\C/C=C\C/C=C\C/C=C\C/C=C\C/C=C\CCCCCCC(=O)OCC(COC(=O)CCCCCCC/C=C\CCCC)OC(=O)CCCCCCCCCCCCCCC/C=C\C/C=C\CCCCCCC. The molecule has 0 aromatic rings. The molecule has 0 aromatic heterocycles. The van der Waals surface area contributed by atoms with Gasteiger partial charge in [0.05, 0.1) is 0 Å². The smallest absolute Gasteiger partial charge is 0.306 e. The maximum Gasteiger partial charge on any atom is 0.306 e. The standard InChI is InChI=1S/C77H128O6/c1-4-7-10-13-16-19-22-24-26-28-30-32-34-36-37-38-39-41-42-44-46-48-50-52-55-58-61-64-67-70-76(79)82-73-74(72-81-75(78)69-66-63-60-57-54-21-18-15-12-9-6-3)83-77(80)71-68-65-62-59-56-53-51-49-47-45-43-40-35-33-31-29-27-25-23-20-17-14-11-8-5-2/h7,10,15-16,18-19,23-26,29-32,36-37,39,41,44,46,50,52,74H,4-6,8-9,11-14,17,20-22,27-28,33-35,38,40,42-43,45,47-49,51,53-73H2,1-3H3/b10-7-,18-15-,19-16-,25-23-,26-24-,31-29-,32-30-,37-36-,41-39-,46-44-,52-50-. The number of ether oxygens (including phenoxy) is 3. The van der Waals surface area contributed by atoms with Crippen molar-refractivity contribution in [2.45, 2.75) is 322 Å². The van der Waals surface area contributed by atoms with Gasteiger partial charge in [0.25, 0.3) is 0 Å². The molecule has 0 saturated carbocycles. The number of carbonyl (C=O) groups excluding carboxylic acids is 3. The monoisotopic (exact) mass is 1150 g/mol. The Bertz CT molecular complexity index is 1750. The van der Waals surface area contributed by atoms with Crippen LogP contribution in [0.5, 0.6) is 0 Å². The second kappa shape index (κ2) is 70.0. The highest BCUT2D eigenvalue weighted by molar-refractivity contribution is 5.71. The first-order valence-corrected chi connectivity index (χ1v) is 34.7. The van der Waals surface area contributed by atoms with E-state index >= 15 is 0 Å². The molecule has 6 heteroatoms. The van der Waals surface area contributed by atoms with Gasteiger partial charge in [0.1, 0.15) is 13.2 Å². The molecule has 0 N–H and O–H groups in total. The maximum atomic E-state index is 12.9. The number of esters is 3. The average molecular weight is 1150 g/mol. The summed E-state index contributed by atoms with van der Waals surface area (Å²) in [6.07, 6.45) is 99.0. The molecule has 0 saturated heterocycles. The third-order valence-corrected chi connectivity index (χ3v) is 14.6. The van der Waals surface area contributed by atoms with Crippen LogP contribution in [0.1, 0.15) is 316 Å². The molecule has 0 aliphatic rings. The van der Waals surface area contributed by atoms with Gasteiger partial charge >= 0.3 is 17.9 Å². The molecular weight excluding hydrogens is 1020 g/mol. The van der Waals surface area contributed by atoms with Gasteiger partial charge in [-0.15, -0.1) is 0 Å². The predicted octanol–water partition coefficient (Wildman–Crippen LogP) is 24.1. The zero-order valence-corrected chi connectivity index (χ0v) is 54.2. The van der Waals surface area contributed by atoms with Crippen LogP contribution in [0.4, 0.5) is 0 Å². The highest BCUT2D eigenvalue weighted by Gasteiger charge is 2.19. The summed E-state index contributed by atoms with van der Waals surface area (Å²) in [5.74, 6) is -0.923. The molecule has 472 valence electrons. The van der Waals surface area contributed by atoms with Crippen LogP contribution in [0.2, 0.25) is 0 Å². The summed E-state index contributed by atoms with van der Waals surface area (Å²) in [5, 5.41) is 0. The Kier molecular flexibility index (Phi) is 66.3. The molecule has 0 radical (unpaired) electrons. The van der Waals surface area contributed by atoms with Crippen LogP contribution < -0.4 is 0 Å². The molecule has 0 spiro atoms. The van der Waals surface area contributed by atoms with Crippen molar-refractivity contribution >= 4 is 17.9 Å². The summed E-state index contributed by atoms with van der Waals surface area (Å²) in [5.41, 5.74) is 0. The molecule has 1 unspecified atom stereocenters. The van der Waals surface area contributed by atoms with Gasteiger partial charge in [-0.05, 0) is 135 Å². The van der Waals surface area contributed by atoms with Crippen LogP contribution in [0.15, 0.2) is 134 Å². The number of hydrogen-bond donors (Lipinski definition) is 0. The number of allylic oxidation sites excluding steroid dienone is 22. The second-order valence-corrected chi connectivity index (χ2v) is 22.7. The Morgan fingerprint density at radius 2 is 0.482 bits per heavy atom. The highest BCUT2D eigenvalue weighted by atomic mass is 16.6. The molecule has 0 amide bonds. The fraction of sp³-hybridized carbons (Fsp3) is 0.675. The number of hydrogen-bond acceptors (Lipinski definition) is 6. The molecule has 1 atom stereocenters. The largest absolute Gasteiger partial charge is 0.462 e. The van der Waals surface area contributed by atoms with E-state index < -0.39 is 6.10 Å². The van der Waals surface area contributed by atoms with Crippen LogP contribution in [0, 0.1) is 0 Å². The van der Waals surface area contributed by atoms with E-state index in [-0.39, 0.29) is 31.1 Å². The van der Waals surface area contributed by atoms with Crippen LogP contribution in [-0.2, 0) is 28.6 Å². The van der Waals surface area contributed by atoms with E-state index in [2.05, 4.69) is 154 Å². The molecule has 0 aromatic carbocycles. The zero-order chi connectivity index (χ0) is 59.9. The van der Waals surface area contributed by atoms with Crippen LogP contribution >= 0.6 is 0 Å². The predicted molar refractivity (Wildman–Crippen MR) is 362 cm³/mol. The van der Waals surface area contributed by atoms with Crippen LogP contribution in [-0.4, -0.2) is 37.2 Å². The van der Waals surface area contributed by atoms with Crippen molar-refractivity contribution in [1.82, 2.24) is 0 Å².